The number of allylic oxidation sites excluding steroid dienone is 2. The molecule has 1 rings (SSSR count). The number of carbonyl (C=O) groups excluding carboxylic acids is 2. The zero-order valence-electron chi connectivity index (χ0n) is 8.61. The van der Waals surface area contributed by atoms with Gasteiger partial charge in [-0.3, -0.25) is 9.59 Å². The smallest absolute Gasteiger partial charge is 0.303 e. The Morgan fingerprint density at radius 1 is 1.43 bits per heavy atom. The largest absolute Gasteiger partial charge is 0.446 e. The van der Waals surface area contributed by atoms with Gasteiger partial charge in [0.25, 0.3) is 0 Å². The van der Waals surface area contributed by atoms with Crippen LogP contribution in [-0.2, 0) is 14.3 Å². The molecule has 0 saturated carbocycles. The molecule has 0 aromatic heterocycles. The molecule has 1 aliphatic carbocycles. The van der Waals surface area contributed by atoms with Crippen molar-refractivity contribution in [1.82, 2.24) is 0 Å². The van der Waals surface area contributed by atoms with E-state index in [1.165, 1.54) is 13.0 Å². The van der Waals surface area contributed by atoms with E-state index in [0.717, 1.165) is 0 Å². The lowest BCUT2D eigenvalue weighted by Crippen LogP contribution is -2.45. The van der Waals surface area contributed by atoms with Crippen LogP contribution in [0.1, 0.15) is 20.8 Å². The summed E-state index contributed by atoms with van der Waals surface area (Å²) in [5.41, 5.74) is -1.10. The van der Waals surface area contributed by atoms with Gasteiger partial charge >= 0.3 is 5.97 Å². The third-order valence-corrected chi connectivity index (χ3v) is 2.26. The van der Waals surface area contributed by atoms with E-state index >= 15 is 0 Å². The van der Waals surface area contributed by atoms with E-state index in [0.29, 0.717) is 0 Å². The van der Waals surface area contributed by atoms with Crippen LogP contribution in [-0.4, -0.2) is 17.4 Å². The molecule has 76 valence electrons. The summed E-state index contributed by atoms with van der Waals surface area (Å²) in [6, 6.07) is 0. The quantitative estimate of drug-likeness (QED) is 0.627. The number of hydrogen-bond acceptors (Lipinski definition) is 3. The molecule has 0 aromatic rings. The molecule has 1 unspecified atom stereocenters. The van der Waals surface area contributed by atoms with E-state index in [9.17, 15) is 9.59 Å². The van der Waals surface area contributed by atoms with Crippen molar-refractivity contribution in [3.63, 3.8) is 0 Å². The summed E-state index contributed by atoms with van der Waals surface area (Å²) in [5.74, 6) is -0.683. The maximum atomic E-state index is 11.7. The molecule has 0 aromatic carbocycles. The molecule has 1 atom stereocenters. The highest BCUT2D eigenvalue weighted by Gasteiger charge is 2.41. The van der Waals surface area contributed by atoms with Crippen LogP contribution in [0.3, 0.4) is 0 Å². The van der Waals surface area contributed by atoms with Crippen LogP contribution in [0.15, 0.2) is 24.3 Å². The third-order valence-electron chi connectivity index (χ3n) is 2.26. The van der Waals surface area contributed by atoms with E-state index in [1.54, 1.807) is 18.2 Å². The van der Waals surface area contributed by atoms with Gasteiger partial charge in [0.2, 0.25) is 5.78 Å². The molecule has 0 fully saturated rings. The zero-order valence-corrected chi connectivity index (χ0v) is 8.61. The molecule has 3 heteroatoms. The molecular formula is C11H14O3. The summed E-state index contributed by atoms with van der Waals surface area (Å²) < 4.78 is 5.13. The van der Waals surface area contributed by atoms with Gasteiger partial charge < -0.3 is 4.74 Å². The van der Waals surface area contributed by atoms with E-state index in [4.69, 9.17) is 4.74 Å². The highest BCUT2D eigenvalue weighted by atomic mass is 16.6. The van der Waals surface area contributed by atoms with Crippen LogP contribution in [0.4, 0.5) is 0 Å². The summed E-state index contributed by atoms with van der Waals surface area (Å²) in [6.45, 7) is 5.01. The molecule has 0 aliphatic heterocycles. The summed E-state index contributed by atoms with van der Waals surface area (Å²) in [5, 5.41) is 0. The second kappa shape index (κ2) is 3.78. The Morgan fingerprint density at radius 3 is 2.50 bits per heavy atom. The lowest BCUT2D eigenvalue weighted by atomic mass is 9.83. The minimum absolute atomic E-state index is 0.0694. The standard InChI is InChI=1S/C11H14O3/c1-8(2)11(14-9(3)12)7-5-4-6-10(11)13/h4-8H,1-3H3. The lowest BCUT2D eigenvalue weighted by molar-refractivity contribution is -0.162. The fourth-order valence-corrected chi connectivity index (χ4v) is 1.47. The number of ether oxygens (including phenoxy) is 1. The molecule has 0 radical (unpaired) electrons. The van der Waals surface area contributed by atoms with Crippen molar-refractivity contribution in [2.24, 2.45) is 5.92 Å². The maximum absolute atomic E-state index is 11.7. The highest BCUT2D eigenvalue weighted by molar-refractivity contribution is 6.01. The topological polar surface area (TPSA) is 43.4 Å². The van der Waals surface area contributed by atoms with Crippen molar-refractivity contribution in [2.75, 3.05) is 0 Å². The molecule has 0 bridgehead atoms. The van der Waals surface area contributed by atoms with Gasteiger partial charge in [0.15, 0.2) is 5.60 Å². The SMILES string of the molecule is CC(=O)OC1(C(C)C)C=CC=CC1=O. The first-order valence-electron chi connectivity index (χ1n) is 4.59. The number of hydrogen-bond donors (Lipinski definition) is 0. The minimum atomic E-state index is -1.10. The van der Waals surface area contributed by atoms with E-state index in [-0.39, 0.29) is 11.7 Å². The molecule has 0 spiro atoms. The summed E-state index contributed by atoms with van der Waals surface area (Å²) in [7, 11) is 0. The Balaban J connectivity index is 3.04. The van der Waals surface area contributed by atoms with Crippen molar-refractivity contribution < 1.29 is 14.3 Å². The van der Waals surface area contributed by atoms with Gasteiger partial charge in [0.1, 0.15) is 0 Å². The second-order valence-electron chi connectivity index (χ2n) is 3.62. The van der Waals surface area contributed by atoms with E-state index < -0.39 is 11.6 Å². The molecule has 0 saturated heterocycles. The molecule has 0 heterocycles. The minimum Gasteiger partial charge on any atom is -0.446 e. The normalized spacial score (nSPS) is 25.6. The van der Waals surface area contributed by atoms with Crippen molar-refractivity contribution in [2.45, 2.75) is 26.4 Å². The molecule has 14 heavy (non-hydrogen) atoms. The number of ketones is 1. The van der Waals surface area contributed by atoms with Crippen LogP contribution < -0.4 is 0 Å². The Bertz CT molecular complexity index is 312. The van der Waals surface area contributed by atoms with Crippen LogP contribution >= 0.6 is 0 Å². The fraction of sp³-hybridized carbons (Fsp3) is 0.455. The fourth-order valence-electron chi connectivity index (χ4n) is 1.47. The Labute approximate surface area is 83.4 Å². The lowest BCUT2D eigenvalue weighted by Gasteiger charge is -2.32. The average Bonchev–Trinajstić information content (AvgIpc) is 2.08. The summed E-state index contributed by atoms with van der Waals surface area (Å²) in [6.07, 6.45) is 6.45. The van der Waals surface area contributed by atoms with Crippen molar-refractivity contribution in [3.8, 4) is 0 Å². The molecule has 3 nitrogen and oxygen atoms in total. The number of rotatable bonds is 2. The predicted molar refractivity (Wildman–Crippen MR) is 52.6 cm³/mol. The van der Waals surface area contributed by atoms with Gasteiger partial charge in [-0.05, 0) is 12.2 Å². The maximum Gasteiger partial charge on any atom is 0.303 e. The van der Waals surface area contributed by atoms with Gasteiger partial charge in [-0.1, -0.05) is 26.0 Å². The van der Waals surface area contributed by atoms with Crippen molar-refractivity contribution in [1.29, 1.82) is 0 Å². The third kappa shape index (κ3) is 1.76. The molecule has 0 N–H and O–H groups in total. The van der Waals surface area contributed by atoms with Gasteiger partial charge in [-0.15, -0.1) is 0 Å². The summed E-state index contributed by atoms with van der Waals surface area (Å²) >= 11 is 0. The number of esters is 1. The number of carbonyl (C=O) groups is 2. The van der Waals surface area contributed by atoms with Crippen LogP contribution in [0, 0.1) is 5.92 Å². The van der Waals surface area contributed by atoms with Gasteiger partial charge in [0, 0.05) is 12.8 Å². The summed E-state index contributed by atoms with van der Waals surface area (Å²) in [4.78, 5) is 22.6. The average molecular weight is 194 g/mol. The first-order chi connectivity index (χ1) is 6.49. The highest BCUT2D eigenvalue weighted by Crippen LogP contribution is 2.28. The van der Waals surface area contributed by atoms with Gasteiger partial charge in [-0.25, -0.2) is 0 Å². The monoisotopic (exact) mass is 194 g/mol. The molecular weight excluding hydrogens is 180 g/mol. The Kier molecular flexibility index (Phi) is 2.89. The second-order valence-corrected chi connectivity index (χ2v) is 3.62. The predicted octanol–water partition coefficient (Wildman–Crippen LogP) is 1.64. The zero-order chi connectivity index (χ0) is 10.8. The van der Waals surface area contributed by atoms with E-state index in [2.05, 4.69) is 0 Å². The first kappa shape index (κ1) is 10.7. The van der Waals surface area contributed by atoms with E-state index in [1.807, 2.05) is 13.8 Å². The Morgan fingerprint density at radius 2 is 2.07 bits per heavy atom. The van der Waals surface area contributed by atoms with Gasteiger partial charge in [-0.2, -0.15) is 0 Å². The van der Waals surface area contributed by atoms with Crippen LogP contribution in [0.2, 0.25) is 0 Å². The van der Waals surface area contributed by atoms with Crippen LogP contribution in [0.5, 0.6) is 0 Å². The Hall–Kier alpha value is -1.38. The van der Waals surface area contributed by atoms with Crippen molar-refractivity contribution >= 4 is 11.8 Å². The molecule has 1 aliphatic rings. The van der Waals surface area contributed by atoms with Crippen molar-refractivity contribution in [3.05, 3.63) is 24.3 Å². The molecule has 0 amide bonds. The van der Waals surface area contributed by atoms with Crippen LogP contribution in [0.25, 0.3) is 0 Å². The first-order valence-corrected chi connectivity index (χ1v) is 4.59. The van der Waals surface area contributed by atoms with Gasteiger partial charge in [0.05, 0.1) is 0 Å².